The van der Waals surface area contributed by atoms with Gasteiger partial charge in [0, 0.05) is 11.0 Å². The van der Waals surface area contributed by atoms with Gasteiger partial charge < -0.3 is 0 Å². The maximum Gasteiger partial charge on any atom is 0.246 e. The minimum Gasteiger partial charge on any atom is -0.207 e. The first-order valence-electron chi connectivity index (χ1n) is 5.58. The van der Waals surface area contributed by atoms with E-state index in [1.165, 1.54) is 0 Å². The Bertz CT molecular complexity index is 697. The van der Waals surface area contributed by atoms with Crippen LogP contribution < -0.4 is 4.72 Å². The topological polar surface area (TPSA) is 46.2 Å². The van der Waals surface area contributed by atoms with E-state index in [0.29, 0.717) is 5.56 Å². The molecule has 0 heterocycles. The predicted molar refractivity (Wildman–Crippen MR) is 74.5 cm³/mol. The maximum atomic E-state index is 13.5. The molecular formula is C13H10BrF2NO2S. The number of benzene rings is 2. The van der Waals surface area contributed by atoms with Crippen LogP contribution in [0.4, 0.5) is 8.78 Å². The molecule has 0 aliphatic rings. The number of sulfonamides is 1. The Morgan fingerprint density at radius 2 is 1.55 bits per heavy atom. The Morgan fingerprint density at radius 1 is 1.00 bits per heavy atom. The molecule has 0 atom stereocenters. The molecule has 0 saturated heterocycles. The third kappa shape index (κ3) is 3.41. The zero-order valence-electron chi connectivity index (χ0n) is 10.1. The van der Waals surface area contributed by atoms with Gasteiger partial charge in [-0.2, -0.15) is 0 Å². The van der Waals surface area contributed by atoms with Gasteiger partial charge in [-0.05, 0) is 29.8 Å². The fraction of sp³-hybridized carbons (Fsp3) is 0.0769. The van der Waals surface area contributed by atoms with Crippen molar-refractivity contribution in [2.45, 2.75) is 11.4 Å². The van der Waals surface area contributed by atoms with Crippen molar-refractivity contribution in [2.75, 3.05) is 0 Å². The van der Waals surface area contributed by atoms with Crippen LogP contribution in [0, 0.1) is 11.6 Å². The van der Waals surface area contributed by atoms with Crippen LogP contribution in [0.25, 0.3) is 0 Å². The Balaban J connectivity index is 2.22. The molecule has 0 aromatic heterocycles. The monoisotopic (exact) mass is 361 g/mol. The third-order valence-corrected chi connectivity index (χ3v) is 4.55. The van der Waals surface area contributed by atoms with E-state index in [1.807, 2.05) is 0 Å². The normalized spacial score (nSPS) is 11.6. The van der Waals surface area contributed by atoms with Gasteiger partial charge in [0.2, 0.25) is 10.0 Å². The van der Waals surface area contributed by atoms with E-state index < -0.39 is 26.6 Å². The molecule has 0 saturated carbocycles. The Morgan fingerprint density at radius 3 is 2.10 bits per heavy atom. The second-order valence-electron chi connectivity index (χ2n) is 4.00. The highest BCUT2D eigenvalue weighted by molar-refractivity contribution is 9.10. The van der Waals surface area contributed by atoms with E-state index in [2.05, 4.69) is 20.7 Å². The molecule has 7 heteroatoms. The minimum absolute atomic E-state index is 0.0522. The molecule has 0 aliphatic heterocycles. The Kier molecular flexibility index (Phi) is 4.52. The van der Waals surface area contributed by atoms with Crippen LogP contribution in [-0.2, 0) is 16.6 Å². The van der Waals surface area contributed by atoms with E-state index in [0.717, 1.165) is 22.7 Å². The Labute approximate surface area is 123 Å². The van der Waals surface area contributed by atoms with Crippen molar-refractivity contribution in [3.63, 3.8) is 0 Å². The van der Waals surface area contributed by atoms with E-state index in [1.54, 1.807) is 24.3 Å². The molecule has 2 aromatic rings. The van der Waals surface area contributed by atoms with Crippen molar-refractivity contribution in [3.05, 3.63) is 64.1 Å². The molecular weight excluding hydrogens is 352 g/mol. The molecule has 106 valence electrons. The molecule has 3 nitrogen and oxygen atoms in total. The Hall–Kier alpha value is -1.31. The zero-order valence-corrected chi connectivity index (χ0v) is 12.5. The van der Waals surface area contributed by atoms with Crippen molar-refractivity contribution in [1.82, 2.24) is 4.72 Å². The lowest BCUT2D eigenvalue weighted by Gasteiger charge is -2.08. The fourth-order valence-electron chi connectivity index (χ4n) is 1.59. The van der Waals surface area contributed by atoms with Crippen LogP contribution in [0.2, 0.25) is 0 Å². The van der Waals surface area contributed by atoms with Gasteiger partial charge in [0.25, 0.3) is 0 Å². The molecule has 0 bridgehead atoms. The maximum absolute atomic E-state index is 13.5. The summed E-state index contributed by atoms with van der Waals surface area (Å²) in [5.74, 6) is -2.23. The van der Waals surface area contributed by atoms with Crippen LogP contribution in [0.5, 0.6) is 0 Å². The van der Waals surface area contributed by atoms with Gasteiger partial charge in [-0.3, -0.25) is 0 Å². The van der Waals surface area contributed by atoms with Crippen LogP contribution in [-0.4, -0.2) is 8.42 Å². The fourth-order valence-corrected chi connectivity index (χ4v) is 3.01. The highest BCUT2D eigenvalue weighted by Gasteiger charge is 2.23. The number of hydrogen-bond acceptors (Lipinski definition) is 2. The van der Waals surface area contributed by atoms with Gasteiger partial charge in [0.1, 0.15) is 11.6 Å². The van der Waals surface area contributed by atoms with Crippen LogP contribution >= 0.6 is 15.9 Å². The first-order valence-corrected chi connectivity index (χ1v) is 7.86. The summed E-state index contributed by atoms with van der Waals surface area (Å²) in [6.07, 6.45) is 0. The van der Waals surface area contributed by atoms with E-state index >= 15 is 0 Å². The summed E-state index contributed by atoms with van der Waals surface area (Å²) in [5.41, 5.74) is 0.675. The largest absolute Gasteiger partial charge is 0.246 e. The smallest absolute Gasteiger partial charge is 0.207 e. The third-order valence-electron chi connectivity index (χ3n) is 2.57. The quantitative estimate of drug-likeness (QED) is 0.908. The standard InChI is InChI=1S/C13H10BrF2NO2S/c14-10-6-4-9(5-7-10)8-17-20(18,19)13-11(15)2-1-3-12(13)16/h1-7,17H,8H2. The summed E-state index contributed by atoms with van der Waals surface area (Å²) in [4.78, 5) is -0.961. The van der Waals surface area contributed by atoms with Gasteiger partial charge in [-0.25, -0.2) is 21.9 Å². The van der Waals surface area contributed by atoms with E-state index in [-0.39, 0.29) is 6.54 Å². The number of hydrogen-bond donors (Lipinski definition) is 1. The molecule has 0 fully saturated rings. The predicted octanol–water partition coefficient (Wildman–Crippen LogP) is 3.21. The van der Waals surface area contributed by atoms with Gasteiger partial charge in [0.15, 0.2) is 4.90 Å². The highest BCUT2D eigenvalue weighted by atomic mass is 79.9. The van der Waals surface area contributed by atoms with E-state index in [9.17, 15) is 17.2 Å². The molecule has 0 aliphatic carbocycles. The molecule has 0 amide bonds. The summed E-state index contributed by atoms with van der Waals surface area (Å²) in [5, 5.41) is 0. The summed E-state index contributed by atoms with van der Waals surface area (Å²) in [6, 6.07) is 9.79. The van der Waals surface area contributed by atoms with Crippen molar-refractivity contribution < 1.29 is 17.2 Å². The van der Waals surface area contributed by atoms with Crippen LogP contribution in [0.1, 0.15) is 5.56 Å². The van der Waals surface area contributed by atoms with Gasteiger partial charge in [0.05, 0.1) is 0 Å². The minimum atomic E-state index is -4.24. The van der Waals surface area contributed by atoms with E-state index in [4.69, 9.17) is 0 Å². The second kappa shape index (κ2) is 5.99. The van der Waals surface area contributed by atoms with Crippen molar-refractivity contribution in [3.8, 4) is 0 Å². The average molecular weight is 362 g/mol. The van der Waals surface area contributed by atoms with Gasteiger partial charge >= 0.3 is 0 Å². The molecule has 20 heavy (non-hydrogen) atoms. The molecule has 2 aromatic carbocycles. The summed E-state index contributed by atoms with van der Waals surface area (Å²) >= 11 is 3.25. The zero-order chi connectivity index (χ0) is 14.8. The van der Waals surface area contributed by atoms with Crippen LogP contribution in [0.3, 0.4) is 0 Å². The molecule has 0 radical (unpaired) electrons. The molecule has 0 spiro atoms. The molecule has 2 rings (SSSR count). The SMILES string of the molecule is O=S(=O)(NCc1ccc(Br)cc1)c1c(F)cccc1F. The summed E-state index contributed by atoms with van der Waals surface area (Å²) in [6.45, 7) is -0.0522. The highest BCUT2D eigenvalue weighted by Crippen LogP contribution is 2.18. The van der Waals surface area contributed by atoms with Gasteiger partial charge in [-0.15, -0.1) is 0 Å². The number of nitrogens with one attached hydrogen (secondary N) is 1. The second-order valence-corrected chi connectivity index (χ2v) is 6.62. The average Bonchev–Trinajstić information content (AvgIpc) is 2.37. The summed E-state index contributed by atoms with van der Waals surface area (Å²) < 4.78 is 53.8. The molecule has 0 unspecified atom stereocenters. The van der Waals surface area contributed by atoms with Crippen molar-refractivity contribution in [2.24, 2.45) is 0 Å². The lowest BCUT2D eigenvalue weighted by atomic mass is 10.2. The number of rotatable bonds is 4. The van der Waals surface area contributed by atoms with Gasteiger partial charge in [-0.1, -0.05) is 34.1 Å². The first-order chi connectivity index (χ1) is 9.40. The summed E-state index contributed by atoms with van der Waals surface area (Å²) in [7, 11) is -4.24. The lowest BCUT2D eigenvalue weighted by molar-refractivity contribution is 0.514. The van der Waals surface area contributed by atoms with Crippen molar-refractivity contribution in [1.29, 1.82) is 0 Å². The number of halogens is 3. The first kappa shape index (κ1) is 15.1. The van der Waals surface area contributed by atoms with Crippen molar-refractivity contribution >= 4 is 26.0 Å². The van der Waals surface area contributed by atoms with Crippen LogP contribution in [0.15, 0.2) is 51.8 Å². The lowest BCUT2D eigenvalue weighted by Crippen LogP contribution is -2.25. The molecule has 1 N–H and O–H groups in total.